The normalized spacial score (nSPS) is 13.1. The number of halogens is 1. The second-order valence-electron chi connectivity index (χ2n) is 10.1. The van der Waals surface area contributed by atoms with Gasteiger partial charge in [-0.2, -0.15) is 4.72 Å². The van der Waals surface area contributed by atoms with E-state index in [1.807, 2.05) is 30.3 Å². The lowest BCUT2D eigenvalue weighted by atomic mass is 10.0. The van der Waals surface area contributed by atoms with Crippen LogP contribution < -0.4 is 15.4 Å². The third-order valence-corrected chi connectivity index (χ3v) is 7.51. The van der Waals surface area contributed by atoms with E-state index in [1.165, 1.54) is 12.1 Å². The van der Waals surface area contributed by atoms with Crippen molar-refractivity contribution in [2.45, 2.75) is 76.0 Å². The topological polar surface area (TPSA) is 140 Å². The van der Waals surface area contributed by atoms with E-state index < -0.39 is 45.7 Å². The number of alkyl carbamates (subject to hydrolysis) is 1. The minimum Gasteiger partial charge on any atom is -0.464 e. The predicted octanol–water partition coefficient (Wildman–Crippen LogP) is 4.08. The molecular weight excluding hydrogens is 602 g/mol. The highest BCUT2D eigenvalue weighted by atomic mass is 79.9. The van der Waals surface area contributed by atoms with Gasteiger partial charge in [-0.1, -0.05) is 46.3 Å². The van der Waals surface area contributed by atoms with Crippen molar-refractivity contribution < 1.29 is 32.3 Å². The summed E-state index contributed by atoms with van der Waals surface area (Å²) in [6.45, 7) is 7.35. The number of hydrogen-bond acceptors (Lipinski definition) is 7. The number of carbonyl (C=O) groups excluding carboxylic acids is 3. The quantitative estimate of drug-likeness (QED) is 0.209. The minimum atomic E-state index is -4.06. The molecular formula is C28H38BrN3O7S. The van der Waals surface area contributed by atoms with Crippen LogP contribution in [0.25, 0.3) is 0 Å². The first-order valence-electron chi connectivity index (χ1n) is 13.1. The molecule has 0 fully saturated rings. The molecule has 220 valence electrons. The summed E-state index contributed by atoms with van der Waals surface area (Å²) in [5.41, 5.74) is 0.175. The lowest BCUT2D eigenvalue weighted by molar-refractivity contribution is -0.147. The molecule has 0 spiro atoms. The van der Waals surface area contributed by atoms with Gasteiger partial charge < -0.3 is 20.1 Å². The summed E-state index contributed by atoms with van der Waals surface area (Å²) < 4.78 is 39.8. The van der Waals surface area contributed by atoms with E-state index in [9.17, 15) is 22.8 Å². The van der Waals surface area contributed by atoms with Crippen molar-refractivity contribution >= 4 is 43.9 Å². The zero-order valence-electron chi connectivity index (χ0n) is 23.2. The first kappa shape index (κ1) is 33.2. The van der Waals surface area contributed by atoms with E-state index in [1.54, 1.807) is 39.8 Å². The Kier molecular flexibility index (Phi) is 13.1. The van der Waals surface area contributed by atoms with Gasteiger partial charge in [-0.15, -0.1) is 0 Å². The Bertz CT molecular complexity index is 1220. The van der Waals surface area contributed by atoms with Crippen LogP contribution in [-0.2, 0) is 35.5 Å². The van der Waals surface area contributed by atoms with E-state index in [2.05, 4.69) is 31.3 Å². The second kappa shape index (κ2) is 15.7. The summed E-state index contributed by atoms with van der Waals surface area (Å²) >= 11 is 3.28. The van der Waals surface area contributed by atoms with Gasteiger partial charge in [0.15, 0.2) is 0 Å². The van der Waals surface area contributed by atoms with Gasteiger partial charge in [0.25, 0.3) is 0 Å². The highest BCUT2D eigenvalue weighted by Crippen LogP contribution is 2.16. The first-order chi connectivity index (χ1) is 18.8. The molecule has 0 radical (unpaired) electrons. The van der Waals surface area contributed by atoms with Gasteiger partial charge in [-0.25, -0.2) is 18.0 Å². The Labute approximate surface area is 244 Å². The van der Waals surface area contributed by atoms with Crippen LogP contribution in [0.2, 0.25) is 0 Å². The van der Waals surface area contributed by atoms with Crippen molar-refractivity contribution in [1.82, 2.24) is 15.4 Å². The number of ether oxygens (including phenoxy) is 2. The van der Waals surface area contributed by atoms with Crippen LogP contribution in [0, 0.1) is 0 Å². The molecule has 0 heterocycles. The Morgan fingerprint density at radius 1 is 0.950 bits per heavy atom. The first-order valence-corrected chi connectivity index (χ1v) is 15.3. The van der Waals surface area contributed by atoms with Crippen LogP contribution in [0.3, 0.4) is 0 Å². The van der Waals surface area contributed by atoms with E-state index >= 15 is 0 Å². The number of hydrogen-bond donors (Lipinski definition) is 3. The van der Waals surface area contributed by atoms with Gasteiger partial charge in [0.1, 0.15) is 17.7 Å². The fourth-order valence-electron chi connectivity index (χ4n) is 3.65. The number of amides is 2. The van der Waals surface area contributed by atoms with Crippen molar-refractivity contribution in [3.63, 3.8) is 0 Å². The van der Waals surface area contributed by atoms with Gasteiger partial charge in [0.05, 0.1) is 11.5 Å². The van der Waals surface area contributed by atoms with Crippen LogP contribution in [0.4, 0.5) is 4.79 Å². The number of nitrogens with one attached hydrogen (secondary N) is 3. The fourth-order valence-corrected chi connectivity index (χ4v) is 5.14. The molecule has 2 amide bonds. The Morgan fingerprint density at radius 2 is 1.60 bits per heavy atom. The smallest absolute Gasteiger partial charge is 0.407 e. The highest BCUT2D eigenvalue weighted by Gasteiger charge is 2.30. The summed E-state index contributed by atoms with van der Waals surface area (Å²) in [7, 11) is -4.06. The summed E-state index contributed by atoms with van der Waals surface area (Å²) in [6.07, 6.45) is 0.611. The number of sulfonamides is 1. The maximum atomic E-state index is 13.4. The highest BCUT2D eigenvalue weighted by molar-refractivity contribution is 9.10. The van der Waals surface area contributed by atoms with E-state index in [-0.39, 0.29) is 30.9 Å². The number of unbranched alkanes of at least 4 members (excludes halogenated alkanes) is 1. The monoisotopic (exact) mass is 639 g/mol. The van der Waals surface area contributed by atoms with Crippen molar-refractivity contribution in [3.05, 3.63) is 64.6 Å². The number of carbonyl (C=O) groups is 3. The molecule has 0 bridgehead atoms. The molecule has 3 N–H and O–H groups in total. The molecule has 10 nitrogen and oxygen atoms in total. The molecule has 0 aromatic heterocycles. The van der Waals surface area contributed by atoms with Gasteiger partial charge in [-0.3, -0.25) is 4.79 Å². The number of rotatable bonds is 14. The van der Waals surface area contributed by atoms with Gasteiger partial charge in [0, 0.05) is 17.4 Å². The van der Waals surface area contributed by atoms with Crippen molar-refractivity contribution in [3.8, 4) is 0 Å². The molecule has 0 aliphatic rings. The molecule has 2 rings (SSSR count). The van der Waals surface area contributed by atoms with Gasteiger partial charge in [-0.05, 0) is 76.8 Å². The van der Waals surface area contributed by atoms with Crippen molar-refractivity contribution in [2.75, 3.05) is 13.2 Å². The molecule has 2 aromatic rings. The standard InChI is InChI=1S/C28H38BrN3O7S/c1-5-38-26(34)24(19-20-11-7-6-8-12-20)31-25(33)23(13-9-10-18-30-27(35)39-28(2,3)4)32-40(36,37)22-16-14-21(29)15-17-22/h6-8,11-12,14-17,23-24,32H,5,9-10,13,18-19H2,1-4H3,(H,30,35)(H,31,33)/t23-,24-/m0/s1. The molecule has 40 heavy (non-hydrogen) atoms. The van der Waals surface area contributed by atoms with Crippen molar-refractivity contribution in [1.29, 1.82) is 0 Å². The average Bonchev–Trinajstić information content (AvgIpc) is 2.87. The van der Waals surface area contributed by atoms with Gasteiger partial charge in [0.2, 0.25) is 15.9 Å². The summed E-state index contributed by atoms with van der Waals surface area (Å²) in [6, 6.07) is 12.9. The lowest BCUT2D eigenvalue weighted by Gasteiger charge is -2.23. The van der Waals surface area contributed by atoms with Crippen LogP contribution in [0.15, 0.2) is 64.0 Å². The summed E-state index contributed by atoms with van der Waals surface area (Å²) in [5, 5.41) is 5.32. The number of esters is 1. The van der Waals surface area contributed by atoms with Gasteiger partial charge >= 0.3 is 12.1 Å². The predicted molar refractivity (Wildman–Crippen MR) is 155 cm³/mol. The van der Waals surface area contributed by atoms with E-state index in [4.69, 9.17) is 9.47 Å². The molecule has 2 aromatic carbocycles. The van der Waals surface area contributed by atoms with Crippen LogP contribution in [-0.4, -0.2) is 57.2 Å². The molecule has 12 heteroatoms. The van der Waals surface area contributed by atoms with Crippen molar-refractivity contribution in [2.24, 2.45) is 0 Å². The number of benzene rings is 2. The summed E-state index contributed by atoms with van der Waals surface area (Å²) in [5.74, 6) is -1.27. The zero-order chi connectivity index (χ0) is 29.8. The minimum absolute atomic E-state index is 0.00804. The molecule has 0 saturated heterocycles. The van der Waals surface area contributed by atoms with E-state index in [0.29, 0.717) is 17.3 Å². The molecule has 0 unspecified atom stereocenters. The average molecular weight is 641 g/mol. The van der Waals surface area contributed by atoms with Crippen LogP contribution >= 0.6 is 15.9 Å². The van der Waals surface area contributed by atoms with Crippen LogP contribution in [0.1, 0.15) is 52.5 Å². The van der Waals surface area contributed by atoms with Crippen LogP contribution in [0.5, 0.6) is 0 Å². The maximum Gasteiger partial charge on any atom is 0.407 e. The Hall–Kier alpha value is -2.96. The summed E-state index contributed by atoms with van der Waals surface area (Å²) in [4.78, 5) is 38.0. The Morgan fingerprint density at radius 3 is 2.20 bits per heavy atom. The third-order valence-electron chi connectivity index (χ3n) is 5.50. The molecule has 0 saturated carbocycles. The Balaban J connectivity index is 2.15. The lowest BCUT2D eigenvalue weighted by Crippen LogP contribution is -2.52. The third kappa shape index (κ3) is 12.1. The van der Waals surface area contributed by atoms with E-state index in [0.717, 1.165) is 5.56 Å². The maximum absolute atomic E-state index is 13.4. The second-order valence-corrected chi connectivity index (χ2v) is 12.7. The SMILES string of the molecule is CCOC(=O)[C@H](Cc1ccccc1)NC(=O)[C@H](CCCCNC(=O)OC(C)(C)C)NS(=O)(=O)c1ccc(Br)cc1. The fraction of sp³-hybridized carbons (Fsp3) is 0.464. The molecule has 2 atom stereocenters. The molecule has 0 aliphatic carbocycles. The molecule has 0 aliphatic heterocycles. The zero-order valence-corrected chi connectivity index (χ0v) is 25.6. The largest absolute Gasteiger partial charge is 0.464 e.